The highest BCUT2D eigenvalue weighted by Crippen LogP contribution is 2.29. The van der Waals surface area contributed by atoms with E-state index in [0.717, 1.165) is 40.8 Å². The Balaban J connectivity index is 1.64. The molecule has 0 saturated heterocycles. The number of nitrogens with zero attached hydrogens (tertiary/aromatic N) is 1. The fourth-order valence-electron chi connectivity index (χ4n) is 3.52. The summed E-state index contributed by atoms with van der Waals surface area (Å²) in [5.74, 6) is 0.184. The summed E-state index contributed by atoms with van der Waals surface area (Å²) in [5, 5.41) is 0. The van der Waals surface area contributed by atoms with Crippen molar-refractivity contribution in [3.8, 4) is 5.75 Å². The second-order valence-corrected chi connectivity index (χ2v) is 7.45. The number of benzene rings is 2. The largest absolute Gasteiger partial charge is 0.497 e. The van der Waals surface area contributed by atoms with Crippen LogP contribution in [0.25, 0.3) is 0 Å². The number of carbonyl (C=O) groups excluding carboxylic acids is 2. The standard InChI is InChI=1S/C23H27NO4/c1-15-11-16(2)22(17(3)12-15)23(26)28-14-21(25)24(19-7-8-19)13-18-5-9-20(27-4)10-6-18/h5-6,9-12,19H,7-8,13-14H2,1-4H3. The molecular formula is C23H27NO4. The molecule has 0 aliphatic heterocycles. The van der Waals surface area contributed by atoms with Gasteiger partial charge in [-0.15, -0.1) is 0 Å². The maximum Gasteiger partial charge on any atom is 0.339 e. The van der Waals surface area contributed by atoms with Crippen molar-refractivity contribution in [2.75, 3.05) is 13.7 Å². The lowest BCUT2D eigenvalue weighted by atomic mass is 10.00. The minimum absolute atomic E-state index is 0.158. The zero-order valence-electron chi connectivity index (χ0n) is 17.0. The van der Waals surface area contributed by atoms with Gasteiger partial charge in [0.15, 0.2) is 6.61 Å². The molecule has 1 amide bonds. The number of hydrogen-bond donors (Lipinski definition) is 0. The molecule has 0 aromatic heterocycles. The quantitative estimate of drug-likeness (QED) is 0.681. The highest BCUT2D eigenvalue weighted by atomic mass is 16.5. The normalized spacial score (nSPS) is 13.1. The number of hydrogen-bond acceptors (Lipinski definition) is 4. The van der Waals surface area contributed by atoms with Crippen LogP contribution in [-0.4, -0.2) is 36.5 Å². The van der Waals surface area contributed by atoms with Crippen LogP contribution in [0.1, 0.15) is 45.5 Å². The maximum absolute atomic E-state index is 12.7. The molecule has 3 rings (SSSR count). The third-order valence-electron chi connectivity index (χ3n) is 5.03. The van der Waals surface area contributed by atoms with Crippen molar-refractivity contribution in [2.24, 2.45) is 0 Å². The summed E-state index contributed by atoms with van der Waals surface area (Å²) >= 11 is 0. The number of amides is 1. The van der Waals surface area contributed by atoms with Crippen LogP contribution in [0.2, 0.25) is 0 Å². The molecule has 5 heteroatoms. The van der Waals surface area contributed by atoms with E-state index in [1.807, 2.05) is 62.1 Å². The number of rotatable bonds is 7. The van der Waals surface area contributed by atoms with Crippen LogP contribution >= 0.6 is 0 Å². The highest BCUT2D eigenvalue weighted by Gasteiger charge is 2.33. The number of ether oxygens (including phenoxy) is 2. The molecule has 1 saturated carbocycles. The Morgan fingerprint density at radius 3 is 2.18 bits per heavy atom. The van der Waals surface area contributed by atoms with E-state index in [-0.39, 0.29) is 18.6 Å². The molecule has 0 spiro atoms. The van der Waals surface area contributed by atoms with Crippen molar-refractivity contribution in [3.63, 3.8) is 0 Å². The molecule has 2 aromatic rings. The molecule has 0 atom stereocenters. The molecule has 0 bridgehead atoms. The second-order valence-electron chi connectivity index (χ2n) is 7.45. The Bertz CT molecular complexity index is 846. The van der Waals surface area contributed by atoms with Gasteiger partial charge < -0.3 is 14.4 Å². The minimum atomic E-state index is -0.441. The molecule has 5 nitrogen and oxygen atoms in total. The molecule has 148 valence electrons. The van der Waals surface area contributed by atoms with E-state index < -0.39 is 5.97 Å². The average Bonchev–Trinajstić information content (AvgIpc) is 3.49. The van der Waals surface area contributed by atoms with Gasteiger partial charge in [-0.25, -0.2) is 4.79 Å². The molecule has 0 unspecified atom stereocenters. The molecule has 1 aliphatic carbocycles. The average molecular weight is 381 g/mol. The summed E-state index contributed by atoms with van der Waals surface area (Å²) in [6.07, 6.45) is 1.98. The van der Waals surface area contributed by atoms with E-state index in [9.17, 15) is 9.59 Å². The minimum Gasteiger partial charge on any atom is -0.497 e. The van der Waals surface area contributed by atoms with Crippen LogP contribution in [0, 0.1) is 20.8 Å². The van der Waals surface area contributed by atoms with Gasteiger partial charge in [0, 0.05) is 12.6 Å². The van der Waals surface area contributed by atoms with Gasteiger partial charge >= 0.3 is 5.97 Å². The van der Waals surface area contributed by atoms with Crippen LogP contribution in [0.4, 0.5) is 0 Å². The van der Waals surface area contributed by atoms with Gasteiger partial charge in [0.25, 0.3) is 5.91 Å². The lowest BCUT2D eigenvalue weighted by Gasteiger charge is -2.22. The van der Waals surface area contributed by atoms with Crippen LogP contribution in [-0.2, 0) is 16.1 Å². The molecule has 1 aliphatic rings. The lowest BCUT2D eigenvalue weighted by Crippen LogP contribution is -2.36. The van der Waals surface area contributed by atoms with Gasteiger partial charge in [-0.2, -0.15) is 0 Å². The van der Waals surface area contributed by atoms with Gasteiger partial charge in [0.1, 0.15) is 5.75 Å². The zero-order valence-corrected chi connectivity index (χ0v) is 17.0. The summed E-state index contributed by atoms with van der Waals surface area (Å²) in [4.78, 5) is 27.1. The van der Waals surface area contributed by atoms with E-state index in [0.29, 0.717) is 12.1 Å². The SMILES string of the molecule is COc1ccc(CN(C(=O)COC(=O)c2c(C)cc(C)cc2C)C2CC2)cc1. The first-order valence-corrected chi connectivity index (χ1v) is 9.56. The number of methoxy groups -OCH3 is 1. The first-order valence-electron chi connectivity index (χ1n) is 9.56. The van der Waals surface area contributed by atoms with E-state index in [2.05, 4.69) is 0 Å². The smallest absolute Gasteiger partial charge is 0.339 e. The summed E-state index contributed by atoms with van der Waals surface area (Å²) in [7, 11) is 1.63. The molecule has 1 fully saturated rings. The molecule has 28 heavy (non-hydrogen) atoms. The van der Waals surface area contributed by atoms with Crippen molar-refractivity contribution < 1.29 is 19.1 Å². The van der Waals surface area contributed by atoms with Gasteiger partial charge in [0.2, 0.25) is 0 Å². The van der Waals surface area contributed by atoms with Crippen molar-refractivity contribution in [3.05, 3.63) is 64.2 Å². The maximum atomic E-state index is 12.7. The van der Waals surface area contributed by atoms with E-state index in [1.54, 1.807) is 7.11 Å². The number of esters is 1. The first-order chi connectivity index (χ1) is 13.4. The van der Waals surface area contributed by atoms with Gasteiger partial charge in [0.05, 0.1) is 12.7 Å². The third-order valence-corrected chi connectivity index (χ3v) is 5.03. The van der Waals surface area contributed by atoms with Gasteiger partial charge in [-0.1, -0.05) is 29.8 Å². The van der Waals surface area contributed by atoms with Crippen molar-refractivity contribution in [1.29, 1.82) is 0 Å². The van der Waals surface area contributed by atoms with E-state index in [1.165, 1.54) is 0 Å². The van der Waals surface area contributed by atoms with Crippen molar-refractivity contribution in [1.82, 2.24) is 4.90 Å². The number of aryl methyl sites for hydroxylation is 3. The second kappa shape index (κ2) is 8.46. The summed E-state index contributed by atoms with van der Waals surface area (Å²) in [5.41, 5.74) is 4.41. The van der Waals surface area contributed by atoms with Gasteiger partial charge in [-0.3, -0.25) is 4.79 Å². The molecule has 0 radical (unpaired) electrons. The predicted octanol–water partition coefficient (Wildman–Crippen LogP) is 3.97. The lowest BCUT2D eigenvalue weighted by molar-refractivity contribution is -0.135. The molecule has 0 heterocycles. The summed E-state index contributed by atoms with van der Waals surface area (Å²) in [6.45, 7) is 6.04. The van der Waals surface area contributed by atoms with Crippen LogP contribution in [0.3, 0.4) is 0 Å². The Morgan fingerprint density at radius 2 is 1.64 bits per heavy atom. The molecule has 0 N–H and O–H groups in total. The summed E-state index contributed by atoms with van der Waals surface area (Å²) in [6, 6.07) is 11.8. The highest BCUT2D eigenvalue weighted by molar-refractivity contribution is 5.94. The van der Waals surface area contributed by atoms with E-state index >= 15 is 0 Å². The van der Waals surface area contributed by atoms with Crippen LogP contribution in [0.15, 0.2) is 36.4 Å². The van der Waals surface area contributed by atoms with Crippen LogP contribution in [0.5, 0.6) is 5.75 Å². The Labute approximate surface area is 166 Å². The number of carbonyl (C=O) groups is 2. The molecule has 2 aromatic carbocycles. The monoisotopic (exact) mass is 381 g/mol. The zero-order chi connectivity index (χ0) is 20.3. The fourth-order valence-corrected chi connectivity index (χ4v) is 3.52. The molecular weight excluding hydrogens is 354 g/mol. The topological polar surface area (TPSA) is 55.8 Å². The van der Waals surface area contributed by atoms with E-state index in [4.69, 9.17) is 9.47 Å². The van der Waals surface area contributed by atoms with Crippen molar-refractivity contribution >= 4 is 11.9 Å². The van der Waals surface area contributed by atoms with Crippen LogP contribution < -0.4 is 4.74 Å². The third kappa shape index (κ3) is 4.71. The Hall–Kier alpha value is -2.82. The fraction of sp³-hybridized carbons (Fsp3) is 0.391. The Morgan fingerprint density at radius 1 is 1.04 bits per heavy atom. The van der Waals surface area contributed by atoms with Gasteiger partial charge in [-0.05, 0) is 62.4 Å². The first kappa shape index (κ1) is 19.9. The Kier molecular flexibility index (Phi) is 6.02. The summed E-state index contributed by atoms with van der Waals surface area (Å²) < 4.78 is 10.6. The van der Waals surface area contributed by atoms with Crippen molar-refractivity contribution in [2.45, 2.75) is 46.2 Å². The predicted molar refractivity (Wildman–Crippen MR) is 108 cm³/mol.